The molecule has 9 nitrogen and oxygen atoms in total. The van der Waals surface area contributed by atoms with Crippen molar-refractivity contribution >= 4 is 22.9 Å². The van der Waals surface area contributed by atoms with E-state index in [1.807, 2.05) is 50.4 Å². The minimum Gasteiger partial charge on any atom is -0.488 e. The Morgan fingerprint density at radius 2 is 1.97 bits per heavy atom. The number of carbonyl (C=O) groups is 1. The lowest BCUT2D eigenvalue weighted by atomic mass is 9.96. The molecule has 2 aliphatic heterocycles. The molecule has 6 rings (SSSR count). The number of nitrogens with zero attached hydrogens (tertiary/aromatic N) is 5. The number of aryl methyl sites for hydroxylation is 2. The van der Waals surface area contributed by atoms with Crippen molar-refractivity contribution in [1.29, 1.82) is 0 Å². The third-order valence-corrected chi connectivity index (χ3v) is 7.21. The first-order valence-corrected chi connectivity index (χ1v) is 12.0. The minimum absolute atomic E-state index is 0.0404. The van der Waals surface area contributed by atoms with Gasteiger partial charge in [-0.25, -0.2) is 4.98 Å². The predicted molar refractivity (Wildman–Crippen MR) is 132 cm³/mol. The van der Waals surface area contributed by atoms with Gasteiger partial charge < -0.3 is 19.5 Å². The van der Waals surface area contributed by atoms with Crippen LogP contribution in [0.15, 0.2) is 41.1 Å². The van der Waals surface area contributed by atoms with Crippen LogP contribution in [-0.2, 0) is 4.79 Å². The van der Waals surface area contributed by atoms with Crippen molar-refractivity contribution in [3.05, 3.63) is 53.7 Å². The van der Waals surface area contributed by atoms with E-state index in [0.717, 1.165) is 76.9 Å². The van der Waals surface area contributed by atoms with Crippen molar-refractivity contribution in [1.82, 2.24) is 25.0 Å². The maximum Gasteiger partial charge on any atom is 0.222 e. The van der Waals surface area contributed by atoms with Crippen LogP contribution in [0.3, 0.4) is 0 Å². The zero-order valence-electron chi connectivity index (χ0n) is 20.1. The van der Waals surface area contributed by atoms with E-state index in [1.54, 1.807) is 7.05 Å². The van der Waals surface area contributed by atoms with Crippen LogP contribution >= 0.6 is 0 Å². The van der Waals surface area contributed by atoms with Gasteiger partial charge in [0.05, 0.1) is 22.5 Å². The Kier molecular flexibility index (Phi) is 5.20. The first-order chi connectivity index (χ1) is 17.1. The number of amides is 1. The zero-order chi connectivity index (χ0) is 24.1. The highest BCUT2D eigenvalue weighted by Crippen LogP contribution is 2.46. The van der Waals surface area contributed by atoms with Gasteiger partial charge in [0.2, 0.25) is 11.9 Å². The molecule has 3 aromatic heterocycles. The second-order valence-corrected chi connectivity index (χ2v) is 9.25. The fourth-order valence-corrected chi connectivity index (χ4v) is 5.45. The SMILES string of the molecule is CNC(=O)C1CCN(c2nc3ccc(-c4c(C)noc4C)c4c3n2[C@@H](c2ccccn2)CO4)CC1. The summed E-state index contributed by atoms with van der Waals surface area (Å²) in [6.07, 6.45) is 3.41. The highest BCUT2D eigenvalue weighted by atomic mass is 16.5. The lowest BCUT2D eigenvalue weighted by molar-refractivity contribution is -0.125. The second kappa shape index (κ2) is 8.41. The van der Waals surface area contributed by atoms with E-state index in [1.165, 1.54) is 0 Å². The summed E-state index contributed by atoms with van der Waals surface area (Å²) in [5.41, 5.74) is 5.50. The summed E-state index contributed by atoms with van der Waals surface area (Å²) in [4.78, 5) is 24.2. The van der Waals surface area contributed by atoms with Crippen LogP contribution in [0.5, 0.6) is 5.75 Å². The van der Waals surface area contributed by atoms with Crippen LogP contribution in [0.1, 0.15) is 36.0 Å². The maximum absolute atomic E-state index is 12.2. The number of ether oxygens (including phenoxy) is 1. The fraction of sp³-hybridized carbons (Fsp3) is 0.385. The zero-order valence-corrected chi connectivity index (χ0v) is 20.1. The third-order valence-electron chi connectivity index (χ3n) is 7.21. The van der Waals surface area contributed by atoms with E-state index >= 15 is 0 Å². The van der Waals surface area contributed by atoms with Crippen molar-refractivity contribution in [2.45, 2.75) is 32.7 Å². The Morgan fingerprint density at radius 3 is 2.66 bits per heavy atom. The summed E-state index contributed by atoms with van der Waals surface area (Å²) < 4.78 is 14.2. The van der Waals surface area contributed by atoms with Gasteiger partial charge in [0.15, 0.2) is 5.75 Å². The molecule has 180 valence electrons. The molecule has 1 atom stereocenters. The number of benzene rings is 1. The van der Waals surface area contributed by atoms with Gasteiger partial charge >= 0.3 is 0 Å². The lowest BCUT2D eigenvalue weighted by Gasteiger charge is -2.35. The molecule has 1 amide bonds. The van der Waals surface area contributed by atoms with Crippen molar-refractivity contribution in [2.24, 2.45) is 5.92 Å². The number of aromatic nitrogens is 4. The van der Waals surface area contributed by atoms with Crippen molar-refractivity contribution in [3.8, 4) is 16.9 Å². The molecule has 1 aromatic carbocycles. The molecule has 0 saturated carbocycles. The third kappa shape index (κ3) is 3.45. The number of nitrogens with one attached hydrogen (secondary N) is 1. The summed E-state index contributed by atoms with van der Waals surface area (Å²) in [6, 6.07) is 9.93. The van der Waals surface area contributed by atoms with Gasteiger partial charge in [-0.3, -0.25) is 14.3 Å². The molecule has 0 bridgehead atoms. The predicted octanol–water partition coefficient (Wildman–Crippen LogP) is 3.65. The molecule has 0 radical (unpaired) electrons. The molecule has 0 aliphatic carbocycles. The first-order valence-electron chi connectivity index (χ1n) is 12.0. The number of pyridine rings is 1. The lowest BCUT2D eigenvalue weighted by Crippen LogP contribution is -2.41. The summed E-state index contributed by atoms with van der Waals surface area (Å²) in [5, 5.41) is 6.95. The Bertz CT molecular complexity index is 1380. The topological polar surface area (TPSA) is 98.3 Å². The molecule has 4 aromatic rings. The summed E-state index contributed by atoms with van der Waals surface area (Å²) in [5.74, 6) is 2.61. The average molecular weight is 473 g/mol. The van der Waals surface area contributed by atoms with Crippen molar-refractivity contribution < 1.29 is 14.1 Å². The Morgan fingerprint density at radius 1 is 1.14 bits per heavy atom. The highest BCUT2D eigenvalue weighted by molar-refractivity contribution is 5.94. The van der Waals surface area contributed by atoms with Crippen LogP contribution in [0, 0.1) is 19.8 Å². The van der Waals surface area contributed by atoms with Gasteiger partial charge in [0.25, 0.3) is 0 Å². The van der Waals surface area contributed by atoms with Gasteiger partial charge in [0, 0.05) is 37.8 Å². The van der Waals surface area contributed by atoms with Crippen LogP contribution in [0.2, 0.25) is 0 Å². The van der Waals surface area contributed by atoms with Crippen LogP contribution in [-0.4, -0.2) is 52.3 Å². The minimum atomic E-state index is -0.111. The summed E-state index contributed by atoms with van der Waals surface area (Å²) in [6.45, 7) is 5.84. The van der Waals surface area contributed by atoms with Gasteiger partial charge in [-0.1, -0.05) is 11.2 Å². The second-order valence-electron chi connectivity index (χ2n) is 9.25. The molecular formula is C26H28N6O3. The van der Waals surface area contributed by atoms with Crippen LogP contribution in [0.4, 0.5) is 5.95 Å². The van der Waals surface area contributed by atoms with Crippen molar-refractivity contribution in [2.75, 3.05) is 31.6 Å². The smallest absolute Gasteiger partial charge is 0.222 e. The molecule has 35 heavy (non-hydrogen) atoms. The molecular weight excluding hydrogens is 444 g/mol. The number of hydrogen-bond acceptors (Lipinski definition) is 7. The number of hydrogen-bond donors (Lipinski definition) is 1. The van der Waals surface area contributed by atoms with Gasteiger partial charge in [-0.15, -0.1) is 0 Å². The van der Waals surface area contributed by atoms with E-state index in [2.05, 4.69) is 24.9 Å². The average Bonchev–Trinajstić information content (AvgIpc) is 3.45. The molecule has 2 aliphatic rings. The van der Waals surface area contributed by atoms with Gasteiger partial charge in [-0.2, -0.15) is 0 Å². The number of rotatable bonds is 4. The Balaban J connectivity index is 1.51. The molecule has 5 heterocycles. The van der Waals surface area contributed by atoms with E-state index in [0.29, 0.717) is 6.61 Å². The summed E-state index contributed by atoms with van der Waals surface area (Å²) >= 11 is 0. The first kappa shape index (κ1) is 21.6. The number of imidazole rings is 1. The molecule has 1 fully saturated rings. The monoisotopic (exact) mass is 472 g/mol. The van der Waals surface area contributed by atoms with E-state index in [-0.39, 0.29) is 17.9 Å². The maximum atomic E-state index is 12.2. The molecule has 1 saturated heterocycles. The number of carbonyl (C=O) groups excluding carboxylic acids is 1. The number of piperidine rings is 1. The van der Waals surface area contributed by atoms with Crippen LogP contribution in [0.25, 0.3) is 22.2 Å². The van der Waals surface area contributed by atoms with E-state index in [4.69, 9.17) is 14.2 Å². The highest BCUT2D eigenvalue weighted by Gasteiger charge is 2.35. The fourth-order valence-electron chi connectivity index (χ4n) is 5.45. The normalized spacial score (nSPS) is 18.0. The van der Waals surface area contributed by atoms with E-state index in [9.17, 15) is 4.79 Å². The molecule has 0 unspecified atom stereocenters. The van der Waals surface area contributed by atoms with E-state index < -0.39 is 0 Å². The summed E-state index contributed by atoms with van der Waals surface area (Å²) in [7, 11) is 1.70. The largest absolute Gasteiger partial charge is 0.488 e. The Hall–Kier alpha value is -3.88. The molecule has 0 spiro atoms. The van der Waals surface area contributed by atoms with Gasteiger partial charge in [-0.05, 0) is 51.0 Å². The standard InChI is InChI=1S/C26H28N6O3/c1-15-22(16(2)35-30-15)18-7-8-20-23-24(18)34-14-21(19-6-4-5-11-28-19)32(23)26(29-20)31-12-9-17(10-13-31)25(33)27-3/h4-8,11,17,21H,9-10,12-14H2,1-3H3,(H,27,33)/t21-/m1/s1. The molecule has 1 N–H and O–H groups in total. The molecule has 9 heteroatoms. The van der Waals surface area contributed by atoms with Crippen molar-refractivity contribution in [3.63, 3.8) is 0 Å². The van der Waals surface area contributed by atoms with Crippen LogP contribution < -0.4 is 15.0 Å². The number of anilines is 1. The quantitative estimate of drug-likeness (QED) is 0.484. The van der Waals surface area contributed by atoms with Gasteiger partial charge in [0.1, 0.15) is 23.9 Å². The Labute approximate surface area is 203 Å².